The summed E-state index contributed by atoms with van der Waals surface area (Å²) in [7, 11) is 0. The molecule has 2 aliphatic rings. The SMILES string of the molecule is O=C(Nc1c2c(cc3c1CCC3)CCC2)NS(=O)[O-]. The largest absolute Gasteiger partial charge is 0.755 e. The van der Waals surface area contributed by atoms with Gasteiger partial charge in [-0.3, -0.25) is 8.93 Å². The fraction of sp³-hybridized carbons (Fsp3) is 0.462. The first-order valence-electron chi connectivity index (χ1n) is 6.48. The van der Waals surface area contributed by atoms with E-state index in [-0.39, 0.29) is 0 Å². The van der Waals surface area contributed by atoms with E-state index in [2.05, 4.69) is 11.4 Å². The van der Waals surface area contributed by atoms with Crippen LogP contribution in [0, 0.1) is 0 Å². The van der Waals surface area contributed by atoms with E-state index in [0.717, 1.165) is 44.2 Å². The lowest BCUT2D eigenvalue weighted by molar-refractivity contribution is 0.256. The Morgan fingerprint density at radius 1 is 1.11 bits per heavy atom. The van der Waals surface area contributed by atoms with Crippen molar-refractivity contribution in [2.45, 2.75) is 38.5 Å². The number of hydrogen-bond acceptors (Lipinski definition) is 3. The van der Waals surface area contributed by atoms with E-state index in [4.69, 9.17) is 0 Å². The van der Waals surface area contributed by atoms with Gasteiger partial charge in [0.05, 0.1) is 0 Å². The predicted molar refractivity (Wildman–Crippen MR) is 71.6 cm³/mol. The fourth-order valence-electron chi connectivity index (χ4n) is 3.18. The van der Waals surface area contributed by atoms with Crippen LogP contribution in [0.25, 0.3) is 0 Å². The fourth-order valence-corrected chi connectivity index (χ4v) is 3.38. The minimum atomic E-state index is -2.58. The number of carbonyl (C=O) groups is 1. The highest BCUT2D eigenvalue weighted by Crippen LogP contribution is 2.38. The Kier molecular flexibility index (Phi) is 3.28. The quantitative estimate of drug-likeness (QED) is 0.806. The first kappa shape index (κ1) is 12.6. The van der Waals surface area contributed by atoms with Gasteiger partial charge in [-0.25, -0.2) is 4.79 Å². The van der Waals surface area contributed by atoms with Gasteiger partial charge in [0.15, 0.2) is 0 Å². The van der Waals surface area contributed by atoms with Gasteiger partial charge >= 0.3 is 6.03 Å². The van der Waals surface area contributed by atoms with Crippen molar-refractivity contribution in [2.75, 3.05) is 5.32 Å². The third-order valence-corrected chi connectivity index (χ3v) is 4.24. The van der Waals surface area contributed by atoms with E-state index in [0.29, 0.717) is 0 Å². The first-order chi connectivity index (χ1) is 9.15. The van der Waals surface area contributed by atoms with Crippen LogP contribution in [-0.4, -0.2) is 14.8 Å². The summed E-state index contributed by atoms with van der Waals surface area (Å²) < 4.78 is 22.8. The molecule has 0 aliphatic heterocycles. The van der Waals surface area contributed by atoms with Gasteiger partial charge in [0.25, 0.3) is 0 Å². The number of carbonyl (C=O) groups excluding carboxylic acids is 1. The molecule has 1 atom stereocenters. The Bertz CT molecular complexity index is 539. The van der Waals surface area contributed by atoms with Crippen molar-refractivity contribution in [2.24, 2.45) is 0 Å². The van der Waals surface area contributed by atoms with Gasteiger partial charge in [-0.05, 0) is 60.8 Å². The second-order valence-electron chi connectivity index (χ2n) is 5.02. The number of anilines is 1. The molecule has 0 aromatic heterocycles. The third kappa shape index (κ3) is 2.37. The van der Waals surface area contributed by atoms with Crippen LogP contribution in [0.2, 0.25) is 0 Å². The van der Waals surface area contributed by atoms with Crippen LogP contribution < -0.4 is 10.0 Å². The number of benzene rings is 1. The Hall–Kier alpha value is -1.40. The summed E-state index contributed by atoms with van der Waals surface area (Å²) in [6.45, 7) is 0. The molecule has 2 aliphatic carbocycles. The van der Waals surface area contributed by atoms with E-state index in [1.807, 2.05) is 4.72 Å². The van der Waals surface area contributed by atoms with Gasteiger partial charge < -0.3 is 9.87 Å². The van der Waals surface area contributed by atoms with Crippen molar-refractivity contribution >= 4 is 23.0 Å². The Labute approximate surface area is 114 Å². The highest BCUT2D eigenvalue weighted by Gasteiger charge is 2.24. The number of fused-ring (bicyclic) bond motifs is 2. The summed E-state index contributed by atoms with van der Waals surface area (Å²) in [4.78, 5) is 11.6. The number of hydrogen-bond donors (Lipinski definition) is 2. The molecule has 0 saturated carbocycles. The summed E-state index contributed by atoms with van der Waals surface area (Å²) >= 11 is -2.58. The second-order valence-corrected chi connectivity index (χ2v) is 5.70. The summed E-state index contributed by atoms with van der Waals surface area (Å²) in [6.07, 6.45) is 6.21. The van der Waals surface area contributed by atoms with Crippen LogP contribution in [-0.2, 0) is 36.9 Å². The van der Waals surface area contributed by atoms with Gasteiger partial charge in [-0.1, -0.05) is 6.07 Å². The van der Waals surface area contributed by atoms with Gasteiger partial charge in [0.2, 0.25) is 0 Å². The molecule has 0 radical (unpaired) electrons. The molecule has 1 unspecified atom stereocenters. The van der Waals surface area contributed by atoms with Crippen LogP contribution in [0.15, 0.2) is 6.07 Å². The minimum absolute atomic E-state index is 0.678. The minimum Gasteiger partial charge on any atom is -0.755 e. The normalized spacial score (nSPS) is 17.7. The topological polar surface area (TPSA) is 81.3 Å². The molecule has 2 amide bonds. The molecule has 0 fully saturated rings. The number of aryl methyl sites for hydroxylation is 2. The maximum Gasteiger partial charge on any atom is 0.330 e. The maximum atomic E-state index is 11.6. The van der Waals surface area contributed by atoms with Gasteiger partial charge in [-0.15, -0.1) is 0 Å². The van der Waals surface area contributed by atoms with Gasteiger partial charge in [0, 0.05) is 17.0 Å². The zero-order chi connectivity index (χ0) is 13.4. The number of amides is 2. The van der Waals surface area contributed by atoms with E-state index in [9.17, 15) is 13.6 Å². The van der Waals surface area contributed by atoms with Crippen molar-refractivity contribution in [1.82, 2.24) is 4.72 Å². The molecule has 19 heavy (non-hydrogen) atoms. The van der Waals surface area contributed by atoms with Crippen LogP contribution in [0.5, 0.6) is 0 Å². The smallest absolute Gasteiger partial charge is 0.330 e. The van der Waals surface area contributed by atoms with E-state index in [1.165, 1.54) is 22.3 Å². The molecular formula is C13H15N2O3S-. The molecule has 0 spiro atoms. The van der Waals surface area contributed by atoms with Crippen LogP contribution in [0.1, 0.15) is 35.1 Å². The number of rotatable bonds is 2. The highest BCUT2D eigenvalue weighted by molar-refractivity contribution is 7.77. The molecule has 6 heteroatoms. The molecule has 102 valence electrons. The Morgan fingerprint density at radius 3 is 2.21 bits per heavy atom. The molecule has 0 bridgehead atoms. The van der Waals surface area contributed by atoms with Crippen LogP contribution in [0.3, 0.4) is 0 Å². The van der Waals surface area contributed by atoms with Crippen molar-refractivity contribution in [1.29, 1.82) is 0 Å². The van der Waals surface area contributed by atoms with E-state index < -0.39 is 17.3 Å². The van der Waals surface area contributed by atoms with Gasteiger partial charge in [0.1, 0.15) is 0 Å². The van der Waals surface area contributed by atoms with Crippen LogP contribution in [0.4, 0.5) is 10.5 Å². The van der Waals surface area contributed by atoms with E-state index in [1.54, 1.807) is 0 Å². The first-order valence-corrected chi connectivity index (χ1v) is 7.56. The molecule has 1 aromatic rings. The molecule has 3 rings (SSSR count). The molecule has 0 heterocycles. The molecule has 0 saturated heterocycles. The molecular weight excluding hydrogens is 264 g/mol. The molecule has 5 nitrogen and oxygen atoms in total. The lowest BCUT2D eigenvalue weighted by Crippen LogP contribution is -2.31. The molecule has 1 aromatic carbocycles. The number of urea groups is 1. The Balaban J connectivity index is 1.96. The number of nitrogens with one attached hydrogen (secondary N) is 2. The van der Waals surface area contributed by atoms with Crippen LogP contribution >= 0.6 is 0 Å². The van der Waals surface area contributed by atoms with E-state index >= 15 is 0 Å². The zero-order valence-corrected chi connectivity index (χ0v) is 11.3. The Morgan fingerprint density at radius 2 is 1.68 bits per heavy atom. The summed E-state index contributed by atoms with van der Waals surface area (Å²) in [5.74, 6) is 0. The lowest BCUT2D eigenvalue weighted by atomic mass is 9.99. The van der Waals surface area contributed by atoms with Gasteiger partial charge in [-0.2, -0.15) is 0 Å². The summed E-state index contributed by atoms with van der Waals surface area (Å²) in [6, 6.07) is 1.59. The second kappa shape index (κ2) is 4.94. The monoisotopic (exact) mass is 279 g/mol. The highest BCUT2D eigenvalue weighted by atomic mass is 32.2. The lowest BCUT2D eigenvalue weighted by Gasteiger charge is -2.16. The standard InChI is InChI=1S/C13H16N2O3S/c16-13(15-19(17)18)14-12-10-5-1-3-8(10)7-9-4-2-6-11(9)12/h7H,1-6H2,(H,17,18)(H2,14,15,16)/p-1. The third-order valence-electron chi connectivity index (χ3n) is 3.89. The average molecular weight is 279 g/mol. The predicted octanol–water partition coefficient (Wildman–Crippen LogP) is 1.58. The average Bonchev–Trinajstić information content (AvgIpc) is 2.94. The summed E-state index contributed by atoms with van der Waals surface area (Å²) in [5.41, 5.74) is 5.84. The zero-order valence-electron chi connectivity index (χ0n) is 10.5. The maximum absolute atomic E-state index is 11.6. The van der Waals surface area contributed by atoms with Crippen molar-refractivity contribution in [3.05, 3.63) is 28.3 Å². The molecule has 2 N–H and O–H groups in total. The van der Waals surface area contributed by atoms with Crippen molar-refractivity contribution < 1.29 is 13.6 Å². The van der Waals surface area contributed by atoms with Crippen molar-refractivity contribution in [3.63, 3.8) is 0 Å². The summed E-state index contributed by atoms with van der Waals surface area (Å²) in [5, 5.41) is 2.73. The van der Waals surface area contributed by atoms with Crippen molar-refractivity contribution in [3.8, 4) is 0 Å².